The molecular formula is C111H222O17. The topological polar surface area (TPSA) is 270 Å². The fourth-order valence-electron chi connectivity index (χ4n) is 15.7. The summed E-state index contributed by atoms with van der Waals surface area (Å²) in [6.07, 6.45) is 101. The van der Waals surface area contributed by atoms with Gasteiger partial charge in [0.2, 0.25) is 0 Å². The Bertz CT molecular complexity index is 2220. The van der Waals surface area contributed by atoms with Crippen LogP contribution in [0.1, 0.15) is 611 Å². The molecule has 0 fully saturated rings. The Kier molecular flexibility index (Phi) is 117. The molecule has 0 saturated carbocycles. The maximum atomic E-state index is 11.4. The van der Waals surface area contributed by atoms with Gasteiger partial charge in [-0.2, -0.15) is 0 Å². The zero-order valence-electron chi connectivity index (χ0n) is 87.6. The molecule has 0 aliphatic heterocycles. The third kappa shape index (κ3) is 108. The molecule has 0 rings (SSSR count). The number of unbranched alkanes of at least 4 members (excludes halogenated alkanes) is 69. The number of rotatable bonds is 96. The molecule has 0 radical (unpaired) electrons. The Balaban J connectivity index is -0.000000349. The van der Waals surface area contributed by atoms with Crippen LogP contribution in [-0.4, -0.2) is 130 Å². The highest BCUT2D eigenvalue weighted by molar-refractivity contribution is 5.77. The summed E-state index contributed by atoms with van der Waals surface area (Å²) < 4.78 is 26.5. The molecule has 0 heterocycles. The van der Waals surface area contributed by atoms with Gasteiger partial charge in [0.25, 0.3) is 0 Å². The molecule has 0 bridgehead atoms. The minimum absolute atomic E-state index is 0.155. The van der Waals surface area contributed by atoms with Gasteiger partial charge >= 0.3 is 35.8 Å². The number of hydrogen-bond donors (Lipinski definition) is 6. The minimum Gasteiger partial charge on any atom is -0.481 e. The van der Waals surface area contributed by atoms with E-state index in [2.05, 4.69) is 41.5 Å². The van der Waals surface area contributed by atoms with Crippen LogP contribution in [0.5, 0.6) is 0 Å². The van der Waals surface area contributed by atoms with Crippen molar-refractivity contribution in [2.24, 2.45) is 5.41 Å². The minimum atomic E-state index is -1.04. The Morgan fingerprint density at radius 3 is 0.672 bits per heavy atom. The molecule has 17 nitrogen and oxygen atoms in total. The Labute approximate surface area is 793 Å². The predicted octanol–water partition coefficient (Wildman–Crippen LogP) is 35.2. The third-order valence-electron chi connectivity index (χ3n) is 25.6. The highest BCUT2D eigenvalue weighted by atomic mass is 16.5. The molecule has 0 aromatic heterocycles. The van der Waals surface area contributed by atoms with E-state index < -0.39 is 64.6 Å². The Morgan fingerprint density at radius 1 is 0.242 bits per heavy atom. The normalized spacial score (nSPS) is 12.2. The lowest BCUT2D eigenvalue weighted by Gasteiger charge is -2.26. The van der Waals surface area contributed by atoms with E-state index in [4.69, 9.17) is 49.2 Å². The van der Waals surface area contributed by atoms with Gasteiger partial charge in [0, 0.05) is 33.0 Å². The third-order valence-corrected chi connectivity index (χ3v) is 25.6. The first kappa shape index (κ1) is 135. The molecule has 0 aliphatic carbocycles. The molecule has 768 valence electrons. The zero-order chi connectivity index (χ0) is 96.5. The molecule has 0 aromatic carbocycles. The second kappa shape index (κ2) is 111. The van der Waals surface area contributed by atoms with Crippen molar-refractivity contribution in [3.8, 4) is 0 Å². The SMILES string of the molecule is CCCCCCCCCCCCCCC(CC)(CC)C(=O)O.CCCCCCCCCCCCCCCOC(C)(C)C(=O)O.CCCCCCCCCCCCCCCOC(C)(CC)C(=O)O.CCCCCCCCCCCCCCCOC(C)C(=O)O.CCCCCCCCCCCCCCCOC(CC)C(=O)O.CCCCCCCCCCCCCOCC(=O)O. The summed E-state index contributed by atoms with van der Waals surface area (Å²) in [6, 6.07) is 0. The molecule has 3 unspecified atom stereocenters. The van der Waals surface area contributed by atoms with E-state index in [-0.39, 0.29) is 6.61 Å². The zero-order valence-corrected chi connectivity index (χ0v) is 87.6. The van der Waals surface area contributed by atoms with Crippen molar-refractivity contribution in [1.82, 2.24) is 0 Å². The smallest absolute Gasteiger partial charge is 0.335 e. The molecule has 0 amide bonds. The Hall–Kier alpha value is -3.38. The van der Waals surface area contributed by atoms with Crippen molar-refractivity contribution in [3.05, 3.63) is 0 Å². The number of ether oxygens (including phenoxy) is 5. The van der Waals surface area contributed by atoms with Crippen LogP contribution >= 0.6 is 0 Å². The van der Waals surface area contributed by atoms with Crippen LogP contribution in [0.2, 0.25) is 0 Å². The van der Waals surface area contributed by atoms with Crippen molar-refractivity contribution in [1.29, 1.82) is 0 Å². The largest absolute Gasteiger partial charge is 0.481 e. The monoisotopic (exact) mass is 1830 g/mol. The summed E-state index contributed by atoms with van der Waals surface area (Å²) in [4.78, 5) is 64.9. The summed E-state index contributed by atoms with van der Waals surface area (Å²) in [7, 11) is 0. The van der Waals surface area contributed by atoms with E-state index in [1.165, 1.54) is 411 Å². The number of aliphatic carboxylic acids is 6. The maximum Gasteiger partial charge on any atom is 0.335 e. The van der Waals surface area contributed by atoms with Gasteiger partial charge in [0.15, 0.2) is 23.4 Å². The van der Waals surface area contributed by atoms with Gasteiger partial charge in [0.05, 0.1) is 5.41 Å². The maximum absolute atomic E-state index is 11.4. The van der Waals surface area contributed by atoms with Crippen LogP contribution in [-0.2, 0) is 52.5 Å². The van der Waals surface area contributed by atoms with E-state index in [0.717, 1.165) is 89.9 Å². The number of carbonyl (C=O) groups is 6. The molecule has 0 aliphatic rings. The lowest BCUT2D eigenvalue weighted by atomic mass is 9.78. The lowest BCUT2D eigenvalue weighted by molar-refractivity contribution is -0.164. The standard InChI is InChI=1S/C20H40O3.C20H40O2.2C19H38O3.C18H36O3.C15H30O3/c1-4-6-7-8-9-10-11-12-13-14-15-16-17-18-23-20(3,5-2)19(21)22;1-4-7-8-9-10-11-12-13-14-15-16-17-18-20(5-2,6-3)19(21)22;1-4-5-6-7-8-9-10-11-12-13-14-15-16-17-22-19(2,3)18(20)21;1-3-5-6-7-8-9-10-11-12-13-14-15-16-17-22-18(4-2)19(20)21;1-3-4-5-6-7-8-9-10-11-12-13-14-15-16-21-17(2)18(19)20;1-2-3-4-5-6-7-8-9-10-11-12-13-18-14-15(16)17/h4-18H2,1-3H3,(H,21,22);4-18H2,1-3H3,(H,21,22);4-17H2,1-3H3,(H,20,21);18H,3-17H2,1-2H3,(H,20,21);17H,3-16H2,1-2H3,(H,19,20);2-14H2,1H3,(H,16,17). The second-order valence-corrected chi connectivity index (χ2v) is 38.2. The van der Waals surface area contributed by atoms with Gasteiger partial charge < -0.3 is 54.3 Å². The first-order valence-electron chi connectivity index (χ1n) is 55.3. The molecular weight excluding hydrogens is 1610 g/mol. The van der Waals surface area contributed by atoms with Gasteiger partial charge in [-0.3, -0.25) is 4.79 Å². The van der Waals surface area contributed by atoms with Crippen molar-refractivity contribution >= 4 is 35.8 Å². The van der Waals surface area contributed by atoms with E-state index in [1.807, 2.05) is 27.7 Å². The van der Waals surface area contributed by atoms with Gasteiger partial charge in [-0.1, -0.05) is 519 Å². The second-order valence-electron chi connectivity index (χ2n) is 38.2. The van der Waals surface area contributed by atoms with Crippen LogP contribution in [0.25, 0.3) is 0 Å². The first-order chi connectivity index (χ1) is 61.9. The van der Waals surface area contributed by atoms with Gasteiger partial charge in [-0.15, -0.1) is 0 Å². The van der Waals surface area contributed by atoms with Crippen molar-refractivity contribution in [3.63, 3.8) is 0 Å². The number of carboxylic acids is 6. The van der Waals surface area contributed by atoms with Gasteiger partial charge in [0.1, 0.15) is 6.61 Å². The lowest BCUT2D eigenvalue weighted by Crippen LogP contribution is -2.37. The van der Waals surface area contributed by atoms with Crippen LogP contribution in [0.15, 0.2) is 0 Å². The molecule has 17 heteroatoms. The molecule has 0 saturated heterocycles. The van der Waals surface area contributed by atoms with Crippen LogP contribution < -0.4 is 0 Å². The van der Waals surface area contributed by atoms with E-state index in [0.29, 0.717) is 45.9 Å². The van der Waals surface area contributed by atoms with Gasteiger partial charge in [-0.25, -0.2) is 24.0 Å². The average Bonchev–Trinajstić information content (AvgIpc) is 0.841. The van der Waals surface area contributed by atoms with E-state index in [9.17, 15) is 33.9 Å². The summed E-state index contributed by atoms with van der Waals surface area (Å²) in [5.41, 5.74) is -2.51. The highest BCUT2D eigenvalue weighted by Gasteiger charge is 2.34. The fraction of sp³-hybridized carbons (Fsp3) is 0.946. The summed E-state index contributed by atoms with van der Waals surface area (Å²) in [5.74, 6) is -4.92. The molecule has 128 heavy (non-hydrogen) atoms. The van der Waals surface area contributed by atoms with E-state index in [1.54, 1.807) is 27.7 Å². The van der Waals surface area contributed by atoms with E-state index >= 15 is 0 Å². The predicted molar refractivity (Wildman–Crippen MR) is 545 cm³/mol. The average molecular weight is 1830 g/mol. The van der Waals surface area contributed by atoms with Crippen LogP contribution in [0.3, 0.4) is 0 Å². The van der Waals surface area contributed by atoms with Gasteiger partial charge in [-0.05, 0) is 91.9 Å². The van der Waals surface area contributed by atoms with Crippen molar-refractivity contribution in [2.75, 3.05) is 39.6 Å². The summed E-state index contributed by atoms with van der Waals surface area (Å²) in [5, 5.41) is 53.3. The highest BCUT2D eigenvalue weighted by Crippen LogP contribution is 2.34. The quantitative estimate of drug-likeness (QED) is 0.0309. The number of hydrogen-bond acceptors (Lipinski definition) is 11. The summed E-state index contributed by atoms with van der Waals surface area (Å²) >= 11 is 0. The van der Waals surface area contributed by atoms with Crippen molar-refractivity contribution in [2.45, 2.75) is 634 Å². The Morgan fingerprint density at radius 2 is 0.469 bits per heavy atom. The van der Waals surface area contributed by atoms with Crippen LogP contribution in [0, 0.1) is 5.41 Å². The first-order valence-corrected chi connectivity index (χ1v) is 55.3. The summed E-state index contributed by atoms with van der Waals surface area (Å²) in [6.45, 7) is 30.5. The molecule has 6 N–H and O–H groups in total. The molecule has 0 spiro atoms. The van der Waals surface area contributed by atoms with Crippen molar-refractivity contribution < 1.29 is 83.1 Å². The molecule has 0 aromatic rings. The fourth-order valence-corrected chi connectivity index (χ4v) is 15.7. The number of carboxylic acid groups (broad SMARTS) is 6. The molecule has 3 atom stereocenters. The van der Waals surface area contributed by atoms with Crippen LogP contribution in [0.4, 0.5) is 0 Å².